The lowest BCUT2D eigenvalue weighted by Gasteiger charge is -2.54. The summed E-state index contributed by atoms with van der Waals surface area (Å²) in [5.74, 6) is 2.08. The van der Waals surface area contributed by atoms with Crippen molar-refractivity contribution in [3.8, 4) is 11.5 Å². The summed E-state index contributed by atoms with van der Waals surface area (Å²) in [5.41, 5.74) is 6.78. The number of anilines is 1. The first kappa shape index (κ1) is 20.8. The molecule has 1 aromatic rings. The summed E-state index contributed by atoms with van der Waals surface area (Å²) in [4.78, 5) is 4.65. The van der Waals surface area contributed by atoms with Crippen LogP contribution in [0.5, 0.6) is 11.5 Å². The fourth-order valence-corrected chi connectivity index (χ4v) is 3.60. The topological polar surface area (TPSA) is 78.1 Å². The highest BCUT2D eigenvalue weighted by Gasteiger charge is 2.54. The van der Waals surface area contributed by atoms with Gasteiger partial charge in [0.25, 0.3) is 0 Å². The van der Waals surface area contributed by atoms with Crippen LogP contribution in [0.3, 0.4) is 0 Å². The molecule has 0 bridgehead atoms. The Bertz CT molecular complexity index is 592. The van der Waals surface area contributed by atoms with E-state index in [-0.39, 0.29) is 41.5 Å². The van der Waals surface area contributed by atoms with E-state index >= 15 is 0 Å². The molecule has 3 unspecified atom stereocenters. The van der Waals surface area contributed by atoms with E-state index in [0.717, 1.165) is 11.4 Å². The van der Waals surface area contributed by atoms with E-state index in [9.17, 15) is 0 Å². The lowest BCUT2D eigenvalue weighted by Crippen LogP contribution is -2.61. The monoisotopic (exact) mass is 449 g/mol. The molecule has 1 saturated carbocycles. The van der Waals surface area contributed by atoms with Crippen LogP contribution in [0.1, 0.15) is 20.8 Å². The summed E-state index contributed by atoms with van der Waals surface area (Å²) in [7, 11) is 4.97. The van der Waals surface area contributed by atoms with Crippen molar-refractivity contribution in [1.29, 1.82) is 0 Å². The van der Waals surface area contributed by atoms with Crippen molar-refractivity contribution in [2.45, 2.75) is 32.9 Å². The van der Waals surface area contributed by atoms with Crippen LogP contribution in [-0.4, -0.2) is 39.4 Å². The third-order valence-electron chi connectivity index (χ3n) is 4.67. The van der Waals surface area contributed by atoms with Gasteiger partial charge < -0.3 is 25.3 Å². The number of hydrogen-bond acceptors (Lipinski definition) is 4. The molecule has 1 aliphatic carbocycles. The van der Waals surface area contributed by atoms with Crippen LogP contribution >= 0.6 is 24.0 Å². The summed E-state index contributed by atoms with van der Waals surface area (Å²) in [6.45, 7) is 6.43. The molecule has 3 atom stereocenters. The first-order chi connectivity index (χ1) is 10.8. The average molecular weight is 449 g/mol. The first-order valence-corrected chi connectivity index (χ1v) is 7.70. The quantitative estimate of drug-likeness (QED) is 0.411. The van der Waals surface area contributed by atoms with Gasteiger partial charge in [0.2, 0.25) is 0 Å². The number of nitrogens with one attached hydrogen (secondary N) is 1. The van der Waals surface area contributed by atoms with Gasteiger partial charge >= 0.3 is 0 Å². The number of benzene rings is 1. The van der Waals surface area contributed by atoms with Crippen LogP contribution < -0.4 is 20.5 Å². The molecule has 24 heavy (non-hydrogen) atoms. The Labute approximate surface area is 161 Å². The van der Waals surface area contributed by atoms with Gasteiger partial charge in [-0.3, -0.25) is 0 Å². The Kier molecular flexibility index (Phi) is 7.15. The molecule has 6 nitrogen and oxygen atoms in total. The molecule has 0 saturated heterocycles. The normalized spacial score (nSPS) is 25.2. The highest BCUT2D eigenvalue weighted by Crippen LogP contribution is 2.49. The number of halogens is 1. The fraction of sp³-hybridized carbons (Fsp3) is 0.588. The van der Waals surface area contributed by atoms with E-state index in [0.29, 0.717) is 17.6 Å². The third kappa shape index (κ3) is 3.88. The Morgan fingerprint density at radius 2 is 1.88 bits per heavy atom. The van der Waals surface area contributed by atoms with Gasteiger partial charge in [0.1, 0.15) is 11.5 Å². The number of guanidine groups is 1. The van der Waals surface area contributed by atoms with E-state index in [1.165, 1.54) is 0 Å². The zero-order chi connectivity index (χ0) is 17.2. The Balaban J connectivity index is 0.00000288. The molecule has 136 valence electrons. The van der Waals surface area contributed by atoms with Gasteiger partial charge in [-0.2, -0.15) is 0 Å². The van der Waals surface area contributed by atoms with Crippen LogP contribution in [0, 0.1) is 11.3 Å². The van der Waals surface area contributed by atoms with Gasteiger partial charge in [0.15, 0.2) is 5.96 Å². The van der Waals surface area contributed by atoms with E-state index in [1.807, 2.05) is 18.2 Å². The molecule has 0 spiro atoms. The maximum Gasteiger partial charge on any atom is 0.193 e. The Hall–Kier alpha value is -1.22. The molecule has 0 amide bonds. The maximum absolute atomic E-state index is 6.10. The van der Waals surface area contributed by atoms with Crippen molar-refractivity contribution in [2.75, 3.05) is 26.6 Å². The van der Waals surface area contributed by atoms with Crippen molar-refractivity contribution in [1.82, 2.24) is 0 Å². The minimum Gasteiger partial charge on any atom is -0.497 e. The molecular formula is C17H28IN3O3. The zero-order valence-electron chi connectivity index (χ0n) is 15.1. The number of ether oxygens (including phenoxy) is 3. The standard InChI is InChI=1S/C17H27N3O3.HI/c1-10-14(17(2,3)15(10)23-6)20-16(18)19-12-9-11(21-4)7-8-13(12)22-5;/h7-10,14-15H,1-6H3,(H3,18,19,20);1H. The molecule has 2 rings (SSSR count). The highest BCUT2D eigenvalue weighted by molar-refractivity contribution is 14.0. The van der Waals surface area contributed by atoms with Crippen molar-refractivity contribution >= 4 is 35.6 Å². The van der Waals surface area contributed by atoms with Gasteiger partial charge in [-0.1, -0.05) is 20.8 Å². The van der Waals surface area contributed by atoms with Crippen LogP contribution in [0.25, 0.3) is 0 Å². The molecule has 0 aromatic heterocycles. The molecule has 0 aliphatic heterocycles. The molecule has 3 N–H and O–H groups in total. The number of nitrogens with zero attached hydrogens (tertiary/aromatic N) is 1. The van der Waals surface area contributed by atoms with Gasteiger partial charge in [0.05, 0.1) is 32.1 Å². The van der Waals surface area contributed by atoms with E-state index < -0.39 is 0 Å². The van der Waals surface area contributed by atoms with E-state index in [4.69, 9.17) is 19.9 Å². The molecule has 0 heterocycles. The second-order valence-corrected chi connectivity index (χ2v) is 6.49. The number of rotatable bonds is 5. The van der Waals surface area contributed by atoms with Gasteiger partial charge in [-0.05, 0) is 12.1 Å². The van der Waals surface area contributed by atoms with Crippen molar-refractivity contribution in [2.24, 2.45) is 22.1 Å². The van der Waals surface area contributed by atoms with Crippen LogP contribution in [0.15, 0.2) is 23.2 Å². The minimum atomic E-state index is -0.0427. The summed E-state index contributed by atoms with van der Waals surface area (Å²) in [6.07, 6.45) is 0.190. The molecule has 7 heteroatoms. The van der Waals surface area contributed by atoms with Gasteiger partial charge in [0, 0.05) is 24.5 Å². The average Bonchev–Trinajstić information content (AvgIpc) is 2.52. The summed E-state index contributed by atoms with van der Waals surface area (Å²) >= 11 is 0. The van der Waals surface area contributed by atoms with Crippen molar-refractivity contribution in [3.05, 3.63) is 18.2 Å². The highest BCUT2D eigenvalue weighted by atomic mass is 127. The largest absolute Gasteiger partial charge is 0.497 e. The Morgan fingerprint density at radius 3 is 2.38 bits per heavy atom. The first-order valence-electron chi connectivity index (χ1n) is 7.70. The van der Waals surface area contributed by atoms with Crippen LogP contribution in [0.4, 0.5) is 5.69 Å². The minimum absolute atomic E-state index is 0. The number of hydrogen-bond donors (Lipinski definition) is 2. The molecule has 1 aromatic carbocycles. The fourth-order valence-electron chi connectivity index (χ4n) is 3.60. The molecule has 0 radical (unpaired) electrons. The number of aliphatic imine (C=N–C) groups is 1. The number of methoxy groups -OCH3 is 3. The maximum atomic E-state index is 6.10. The second kappa shape index (κ2) is 8.24. The van der Waals surface area contributed by atoms with Gasteiger partial charge in [-0.25, -0.2) is 4.99 Å². The SMILES string of the molecule is COc1ccc(OC)c(NC(N)=NC2C(C)C(OC)C2(C)C)c1.I. The van der Waals surface area contributed by atoms with Crippen LogP contribution in [0.2, 0.25) is 0 Å². The predicted molar refractivity (Wildman–Crippen MR) is 108 cm³/mol. The lowest BCUT2D eigenvalue weighted by molar-refractivity contribution is -0.132. The molecular weight excluding hydrogens is 421 g/mol. The Morgan fingerprint density at radius 1 is 1.21 bits per heavy atom. The van der Waals surface area contributed by atoms with Crippen molar-refractivity contribution < 1.29 is 14.2 Å². The van der Waals surface area contributed by atoms with Crippen molar-refractivity contribution in [3.63, 3.8) is 0 Å². The smallest absolute Gasteiger partial charge is 0.193 e. The molecule has 1 fully saturated rings. The van der Waals surface area contributed by atoms with E-state index in [2.05, 4.69) is 31.1 Å². The summed E-state index contributed by atoms with van der Waals surface area (Å²) in [5, 5.41) is 3.11. The van der Waals surface area contributed by atoms with Crippen LogP contribution in [-0.2, 0) is 4.74 Å². The van der Waals surface area contributed by atoms with Gasteiger partial charge in [-0.15, -0.1) is 24.0 Å². The lowest BCUT2D eigenvalue weighted by atomic mass is 9.58. The number of nitrogens with two attached hydrogens (primary N) is 1. The second-order valence-electron chi connectivity index (χ2n) is 6.49. The summed E-state index contributed by atoms with van der Waals surface area (Å²) in [6, 6.07) is 5.59. The summed E-state index contributed by atoms with van der Waals surface area (Å²) < 4.78 is 16.1. The molecule has 1 aliphatic rings. The van der Waals surface area contributed by atoms with E-state index in [1.54, 1.807) is 21.3 Å². The predicted octanol–water partition coefficient (Wildman–Crippen LogP) is 3.11. The third-order valence-corrected chi connectivity index (χ3v) is 4.67. The zero-order valence-corrected chi connectivity index (χ0v) is 17.5.